The van der Waals surface area contributed by atoms with E-state index < -0.39 is 11.9 Å². The molecule has 3 heterocycles. The summed E-state index contributed by atoms with van der Waals surface area (Å²) in [6.45, 7) is 5.20. The molecule has 3 aromatic carbocycles. The van der Waals surface area contributed by atoms with E-state index in [-0.39, 0.29) is 24.8 Å². The molecule has 0 saturated carbocycles. The number of nitrogens with one attached hydrogen (secondary N) is 1. The first-order chi connectivity index (χ1) is 19.9. The number of piperidine rings is 1. The molecule has 3 amide bonds. The zero-order valence-electron chi connectivity index (χ0n) is 22.4. The summed E-state index contributed by atoms with van der Waals surface area (Å²) in [6, 6.07) is 18.8. The highest BCUT2D eigenvalue weighted by Gasteiger charge is 2.40. The van der Waals surface area contributed by atoms with Crippen LogP contribution in [-0.2, 0) is 29.3 Å². The lowest BCUT2D eigenvalue weighted by atomic mass is 10.0. The fraction of sp³-hybridized carbons (Fsp3) is 0.323. The molecule has 8 nitrogen and oxygen atoms in total. The van der Waals surface area contributed by atoms with Crippen LogP contribution in [0.25, 0.3) is 0 Å². The predicted octanol–water partition coefficient (Wildman–Crippen LogP) is 4.66. The Morgan fingerprint density at radius 1 is 0.902 bits per heavy atom. The third kappa shape index (κ3) is 5.91. The van der Waals surface area contributed by atoms with Gasteiger partial charge < -0.3 is 14.5 Å². The molecule has 212 valence electrons. The van der Waals surface area contributed by atoms with E-state index in [4.69, 9.17) is 27.9 Å². The number of carbonyl (C=O) groups excluding carboxylic acids is 3. The second-order valence-corrected chi connectivity index (χ2v) is 11.5. The number of hydrogen-bond acceptors (Lipinski definition) is 6. The summed E-state index contributed by atoms with van der Waals surface area (Å²) in [4.78, 5) is 43.2. The van der Waals surface area contributed by atoms with Crippen molar-refractivity contribution in [2.24, 2.45) is 0 Å². The Labute approximate surface area is 248 Å². The molecule has 3 aliphatic heterocycles. The van der Waals surface area contributed by atoms with E-state index in [0.29, 0.717) is 34.4 Å². The third-order valence-corrected chi connectivity index (χ3v) is 8.52. The van der Waals surface area contributed by atoms with Gasteiger partial charge in [0.15, 0.2) is 0 Å². The second-order valence-electron chi connectivity index (χ2n) is 10.6. The van der Waals surface area contributed by atoms with E-state index in [9.17, 15) is 14.4 Å². The van der Waals surface area contributed by atoms with Crippen molar-refractivity contribution in [3.05, 3.63) is 93.0 Å². The van der Waals surface area contributed by atoms with E-state index in [0.717, 1.165) is 49.5 Å². The highest BCUT2D eigenvalue weighted by molar-refractivity contribution is 6.36. The number of fused-ring (bicyclic) bond motifs is 1. The van der Waals surface area contributed by atoms with Gasteiger partial charge in [-0.1, -0.05) is 53.5 Å². The maximum Gasteiger partial charge on any atom is 0.255 e. The van der Waals surface area contributed by atoms with Gasteiger partial charge in [0.2, 0.25) is 11.8 Å². The fourth-order valence-corrected chi connectivity index (χ4v) is 6.27. The van der Waals surface area contributed by atoms with Crippen molar-refractivity contribution in [2.45, 2.75) is 38.6 Å². The van der Waals surface area contributed by atoms with E-state index in [1.54, 1.807) is 18.2 Å². The lowest BCUT2D eigenvalue weighted by molar-refractivity contribution is -0.136. The number of imide groups is 1. The third-order valence-electron chi connectivity index (χ3n) is 7.99. The van der Waals surface area contributed by atoms with Crippen LogP contribution in [0.2, 0.25) is 10.0 Å². The number of amides is 3. The van der Waals surface area contributed by atoms with Gasteiger partial charge in [-0.2, -0.15) is 0 Å². The maximum absolute atomic E-state index is 13.1. The van der Waals surface area contributed by atoms with Gasteiger partial charge in [0.1, 0.15) is 18.4 Å². The van der Waals surface area contributed by atoms with Crippen LogP contribution >= 0.6 is 23.2 Å². The summed E-state index contributed by atoms with van der Waals surface area (Å²) >= 11 is 12.4. The Bertz CT molecular complexity index is 1490. The number of anilines is 1. The highest BCUT2D eigenvalue weighted by Crippen LogP contribution is 2.34. The number of piperazine rings is 1. The van der Waals surface area contributed by atoms with Gasteiger partial charge in [0, 0.05) is 55.3 Å². The Morgan fingerprint density at radius 2 is 1.66 bits per heavy atom. The summed E-state index contributed by atoms with van der Waals surface area (Å²) in [6.07, 6.45) is 0.559. The van der Waals surface area contributed by atoms with Crippen molar-refractivity contribution < 1.29 is 19.1 Å². The molecule has 1 atom stereocenters. The first-order valence-electron chi connectivity index (χ1n) is 13.8. The standard InChI is InChI=1S/C31H30Cl2N4O4/c32-22-8-9-26(25(33)16-22)36-14-12-35(13-15-36)17-20-4-6-21(7-5-20)19-41-28-3-1-2-23-24(28)18-37(31(23)40)27-10-11-29(38)34-30(27)39/h1-9,16,27H,10-15,17-19H2,(H,34,38,39). The van der Waals surface area contributed by atoms with Gasteiger partial charge in [-0.3, -0.25) is 24.6 Å². The van der Waals surface area contributed by atoms with Crippen molar-refractivity contribution in [1.29, 1.82) is 0 Å². The Hall–Kier alpha value is -3.59. The van der Waals surface area contributed by atoms with E-state index in [2.05, 4.69) is 39.4 Å². The molecule has 2 saturated heterocycles. The van der Waals surface area contributed by atoms with Crippen LogP contribution in [0.4, 0.5) is 5.69 Å². The molecule has 0 aromatic heterocycles. The second kappa shape index (κ2) is 11.7. The molecule has 6 rings (SSSR count). The van der Waals surface area contributed by atoms with Gasteiger partial charge >= 0.3 is 0 Å². The minimum absolute atomic E-state index is 0.207. The van der Waals surface area contributed by atoms with E-state index in [1.165, 1.54) is 10.5 Å². The van der Waals surface area contributed by atoms with E-state index >= 15 is 0 Å². The van der Waals surface area contributed by atoms with Gasteiger partial charge in [-0.15, -0.1) is 0 Å². The van der Waals surface area contributed by atoms with Crippen molar-refractivity contribution in [1.82, 2.24) is 15.1 Å². The molecular weight excluding hydrogens is 563 g/mol. The highest BCUT2D eigenvalue weighted by atomic mass is 35.5. The van der Waals surface area contributed by atoms with E-state index in [1.807, 2.05) is 18.2 Å². The Balaban J connectivity index is 1.03. The molecule has 0 bridgehead atoms. The SMILES string of the molecule is O=C1CCC(N2Cc3c(OCc4ccc(CN5CCN(c6ccc(Cl)cc6Cl)CC5)cc4)cccc3C2=O)C(=O)N1. The van der Waals surface area contributed by atoms with Crippen molar-refractivity contribution in [3.8, 4) is 5.75 Å². The summed E-state index contributed by atoms with van der Waals surface area (Å²) in [7, 11) is 0. The predicted molar refractivity (Wildman–Crippen MR) is 157 cm³/mol. The first-order valence-corrected chi connectivity index (χ1v) is 14.5. The quantitative estimate of drug-likeness (QED) is 0.402. The van der Waals surface area contributed by atoms with Crippen LogP contribution in [-0.4, -0.2) is 59.7 Å². The minimum atomic E-state index is -0.647. The van der Waals surface area contributed by atoms with Gasteiger partial charge in [0.25, 0.3) is 5.91 Å². The molecule has 0 radical (unpaired) electrons. The number of benzene rings is 3. The molecule has 2 fully saturated rings. The number of halogens is 2. The van der Waals surface area contributed by atoms with Crippen LogP contribution in [0.5, 0.6) is 5.75 Å². The minimum Gasteiger partial charge on any atom is -0.489 e. The van der Waals surface area contributed by atoms with Crippen molar-refractivity contribution >= 4 is 46.6 Å². The molecule has 1 unspecified atom stereocenters. The smallest absolute Gasteiger partial charge is 0.255 e. The number of hydrogen-bond donors (Lipinski definition) is 1. The molecule has 3 aliphatic rings. The normalized spacial score (nSPS) is 19.4. The van der Waals surface area contributed by atoms with Gasteiger partial charge in [-0.05, 0) is 47.9 Å². The largest absolute Gasteiger partial charge is 0.489 e. The molecule has 3 aromatic rings. The summed E-state index contributed by atoms with van der Waals surface area (Å²) in [5, 5.41) is 3.67. The Kier molecular flexibility index (Phi) is 7.88. The number of rotatable bonds is 7. The first kappa shape index (κ1) is 27.6. The van der Waals surface area contributed by atoms with Gasteiger partial charge in [0.05, 0.1) is 17.3 Å². The van der Waals surface area contributed by atoms with Crippen LogP contribution in [0.1, 0.15) is 39.9 Å². The number of ether oxygens (including phenoxy) is 1. The lowest BCUT2D eigenvalue weighted by Gasteiger charge is -2.36. The summed E-state index contributed by atoms with van der Waals surface area (Å²) in [5.41, 5.74) is 4.61. The number of nitrogens with zero attached hydrogens (tertiary/aromatic N) is 3. The Morgan fingerprint density at radius 3 is 2.39 bits per heavy atom. The molecule has 1 N–H and O–H groups in total. The van der Waals surface area contributed by atoms with Crippen LogP contribution in [0, 0.1) is 0 Å². The monoisotopic (exact) mass is 592 g/mol. The molecule has 10 heteroatoms. The van der Waals surface area contributed by atoms with Crippen LogP contribution in [0.15, 0.2) is 60.7 Å². The fourth-order valence-electron chi connectivity index (χ4n) is 5.74. The topological polar surface area (TPSA) is 82.2 Å². The van der Waals surface area contributed by atoms with Crippen LogP contribution < -0.4 is 15.0 Å². The summed E-state index contributed by atoms with van der Waals surface area (Å²) < 4.78 is 6.15. The average Bonchev–Trinajstić information content (AvgIpc) is 3.30. The molecule has 0 spiro atoms. The zero-order valence-corrected chi connectivity index (χ0v) is 24.0. The maximum atomic E-state index is 13.1. The van der Waals surface area contributed by atoms with Gasteiger partial charge in [-0.25, -0.2) is 0 Å². The summed E-state index contributed by atoms with van der Waals surface area (Å²) in [5.74, 6) is -0.292. The lowest BCUT2D eigenvalue weighted by Crippen LogP contribution is -2.52. The van der Waals surface area contributed by atoms with Crippen LogP contribution in [0.3, 0.4) is 0 Å². The number of carbonyl (C=O) groups is 3. The van der Waals surface area contributed by atoms with Crippen molar-refractivity contribution in [3.63, 3.8) is 0 Å². The zero-order chi connectivity index (χ0) is 28.5. The average molecular weight is 594 g/mol. The van der Waals surface area contributed by atoms with Crippen molar-refractivity contribution in [2.75, 3.05) is 31.1 Å². The molecule has 41 heavy (non-hydrogen) atoms. The molecular formula is C31H30Cl2N4O4. The molecule has 0 aliphatic carbocycles.